The van der Waals surface area contributed by atoms with Crippen LogP contribution in [0.1, 0.15) is 12.8 Å². The zero-order valence-electron chi connectivity index (χ0n) is 4.53. The largest absolute Gasteiger partial charge is 0.312 e. The maximum atomic E-state index is 10.5. The van der Waals surface area contributed by atoms with Crippen molar-refractivity contribution in [2.75, 3.05) is 0 Å². The topological polar surface area (TPSA) is 57.6 Å². The van der Waals surface area contributed by atoms with E-state index in [-0.39, 0.29) is 36.9 Å². The lowest BCUT2D eigenvalue weighted by molar-refractivity contribution is -0.132. The molecule has 0 unspecified atom stereocenters. The van der Waals surface area contributed by atoms with Crippen LogP contribution in [0.5, 0.6) is 0 Å². The van der Waals surface area contributed by atoms with Crippen molar-refractivity contribution >= 4 is 24.0 Å². The van der Waals surface area contributed by atoms with Gasteiger partial charge in [-0.25, -0.2) is 0 Å². The van der Waals surface area contributed by atoms with E-state index in [0.717, 1.165) is 4.31 Å². The lowest BCUT2D eigenvalue weighted by atomic mass is 10.4. The van der Waals surface area contributed by atoms with Crippen molar-refractivity contribution in [2.24, 2.45) is 0 Å². The highest BCUT2D eigenvalue weighted by Gasteiger charge is 2.29. The van der Waals surface area contributed by atoms with Gasteiger partial charge in [0.15, 0.2) is 0 Å². The highest BCUT2D eigenvalue weighted by atomic mass is 32.2. The van der Waals surface area contributed by atoms with E-state index >= 15 is 0 Å². The minimum absolute atomic E-state index is 0.183. The Morgan fingerprint density at radius 2 is 1.78 bits per heavy atom. The van der Waals surface area contributed by atoms with Gasteiger partial charge in [0.25, 0.3) is 0 Å². The van der Waals surface area contributed by atoms with Crippen molar-refractivity contribution in [3.8, 4) is 0 Å². The average molecular weight is 147 g/mol. The summed E-state index contributed by atoms with van der Waals surface area (Å²) in [5.41, 5.74) is 0. The van der Waals surface area contributed by atoms with Crippen LogP contribution >= 0.6 is 12.2 Å². The van der Waals surface area contributed by atoms with Gasteiger partial charge >= 0.3 is 0 Å². The fraction of sp³-hybridized carbons (Fsp3) is 0.500. The Labute approximate surface area is 56.2 Å². The number of nitrogens with zero attached hydrogens (tertiary/aromatic N) is 1. The van der Waals surface area contributed by atoms with Gasteiger partial charge in [0.2, 0.25) is 11.8 Å². The second-order valence-corrected chi connectivity index (χ2v) is 2.19. The molecule has 0 aromatic rings. The van der Waals surface area contributed by atoms with Gasteiger partial charge in [-0.15, -0.1) is 0 Å². The number of carbonyl (C=O) groups is 2. The van der Waals surface area contributed by atoms with Gasteiger partial charge in [-0.2, -0.15) is 4.31 Å². The molecule has 1 rings (SSSR count). The molecule has 0 radical (unpaired) electrons. The molecule has 0 aromatic carbocycles. The van der Waals surface area contributed by atoms with E-state index in [1.807, 2.05) is 0 Å². The van der Waals surface area contributed by atoms with Crippen molar-refractivity contribution in [3.63, 3.8) is 0 Å². The molecule has 0 bridgehead atoms. The predicted molar refractivity (Wildman–Crippen MR) is 31.3 cm³/mol. The van der Waals surface area contributed by atoms with Crippen LogP contribution in [0, 0.1) is 0 Å². The highest BCUT2D eigenvalue weighted by molar-refractivity contribution is 7.92. The van der Waals surface area contributed by atoms with E-state index in [0.29, 0.717) is 0 Å². The summed E-state index contributed by atoms with van der Waals surface area (Å²) in [4.78, 5) is 21.1. The second-order valence-electron chi connectivity index (χ2n) is 1.66. The van der Waals surface area contributed by atoms with Gasteiger partial charge in [0, 0.05) is 12.8 Å². The minimum atomic E-state index is -0.312. The quantitative estimate of drug-likeness (QED) is 0.328. The monoisotopic (exact) mass is 147 g/mol. The summed E-state index contributed by atoms with van der Waals surface area (Å²) in [5.74, 6) is -0.625. The number of imide groups is 1. The molecule has 1 aliphatic heterocycles. The van der Waals surface area contributed by atoms with Crippen LogP contribution in [0.15, 0.2) is 0 Å². The Balaban J connectivity index is 2.66. The van der Waals surface area contributed by atoms with Crippen molar-refractivity contribution in [1.29, 1.82) is 0 Å². The Kier molecular flexibility index (Phi) is 1.73. The number of hydrogen-bond acceptors (Lipinski definition) is 4. The Hall–Kier alpha value is -0.550. The maximum Gasteiger partial charge on any atom is 0.241 e. The molecule has 0 aromatic heterocycles. The first-order chi connectivity index (χ1) is 4.25. The van der Waals surface area contributed by atoms with E-state index in [1.165, 1.54) is 0 Å². The summed E-state index contributed by atoms with van der Waals surface area (Å²) in [7, 11) is 0. The number of amides is 2. The van der Waals surface area contributed by atoms with Gasteiger partial charge in [0.05, 0.1) is 0 Å². The first-order valence-corrected chi connectivity index (χ1v) is 3.16. The van der Waals surface area contributed by atoms with E-state index in [1.54, 1.807) is 0 Å². The van der Waals surface area contributed by atoms with Gasteiger partial charge in [-0.1, -0.05) is 0 Å². The molecule has 9 heavy (non-hydrogen) atoms. The molecular formula is C4H5NO3S. The molecule has 1 heterocycles. The summed E-state index contributed by atoms with van der Waals surface area (Å²) in [6.45, 7) is 0. The summed E-state index contributed by atoms with van der Waals surface area (Å²) in [5, 5.41) is 0. The third kappa shape index (κ3) is 1.06. The molecule has 1 N–H and O–H groups in total. The minimum Gasteiger partial charge on any atom is -0.312 e. The Bertz CT molecular complexity index is 142. The van der Waals surface area contributed by atoms with Crippen LogP contribution in [-0.2, 0) is 9.59 Å². The first kappa shape index (κ1) is 6.57. The molecule has 1 fully saturated rings. The molecule has 0 atom stereocenters. The fourth-order valence-corrected chi connectivity index (χ4v) is 1.01. The van der Waals surface area contributed by atoms with Crippen LogP contribution in [0.2, 0.25) is 0 Å². The van der Waals surface area contributed by atoms with E-state index in [4.69, 9.17) is 4.55 Å². The zero-order valence-corrected chi connectivity index (χ0v) is 5.35. The van der Waals surface area contributed by atoms with Gasteiger partial charge in [-0.3, -0.25) is 9.59 Å². The third-order valence-electron chi connectivity index (χ3n) is 1.09. The molecule has 1 saturated heterocycles. The van der Waals surface area contributed by atoms with Gasteiger partial charge in [0.1, 0.15) is 12.2 Å². The van der Waals surface area contributed by atoms with Crippen LogP contribution in [0.25, 0.3) is 0 Å². The maximum absolute atomic E-state index is 10.5. The van der Waals surface area contributed by atoms with Crippen molar-refractivity contribution in [2.45, 2.75) is 12.8 Å². The molecule has 1 aliphatic rings. The second kappa shape index (κ2) is 2.36. The van der Waals surface area contributed by atoms with Crippen LogP contribution < -0.4 is 0 Å². The predicted octanol–water partition coefficient (Wildman–Crippen LogP) is 0.257. The average Bonchev–Trinajstić information content (AvgIpc) is 2.12. The van der Waals surface area contributed by atoms with Gasteiger partial charge in [-0.05, 0) is 0 Å². The van der Waals surface area contributed by atoms with Crippen molar-refractivity contribution in [3.05, 3.63) is 0 Å². The summed E-state index contributed by atoms with van der Waals surface area (Å²) in [6, 6.07) is 0. The molecule has 5 heteroatoms. The lowest BCUT2D eigenvalue weighted by Crippen LogP contribution is -2.20. The van der Waals surface area contributed by atoms with Crippen molar-refractivity contribution < 1.29 is 14.1 Å². The summed E-state index contributed by atoms with van der Waals surface area (Å²) >= 11 is 0.183. The lowest BCUT2D eigenvalue weighted by Gasteiger charge is -2.03. The fourth-order valence-electron chi connectivity index (χ4n) is 0.647. The van der Waals surface area contributed by atoms with Crippen LogP contribution in [0.4, 0.5) is 0 Å². The summed E-state index contributed by atoms with van der Waals surface area (Å²) in [6.07, 6.45) is 0.457. The Morgan fingerprint density at radius 3 is 2.00 bits per heavy atom. The van der Waals surface area contributed by atoms with E-state index in [9.17, 15) is 9.59 Å². The zero-order chi connectivity index (χ0) is 6.85. The van der Waals surface area contributed by atoms with E-state index in [2.05, 4.69) is 0 Å². The van der Waals surface area contributed by atoms with Crippen LogP contribution in [0.3, 0.4) is 0 Å². The van der Waals surface area contributed by atoms with Gasteiger partial charge < -0.3 is 4.55 Å². The molecular weight excluding hydrogens is 142 g/mol. The first-order valence-electron chi connectivity index (χ1n) is 2.43. The molecule has 2 amide bonds. The van der Waals surface area contributed by atoms with E-state index < -0.39 is 0 Å². The molecule has 50 valence electrons. The Morgan fingerprint density at radius 1 is 1.33 bits per heavy atom. The van der Waals surface area contributed by atoms with Crippen LogP contribution in [-0.4, -0.2) is 20.7 Å². The molecule has 0 spiro atoms. The molecule has 0 aliphatic carbocycles. The highest BCUT2D eigenvalue weighted by Crippen LogP contribution is 2.17. The number of rotatable bonds is 1. The molecule has 4 nitrogen and oxygen atoms in total. The van der Waals surface area contributed by atoms with Crippen molar-refractivity contribution in [1.82, 2.24) is 4.31 Å². The third-order valence-corrected chi connectivity index (χ3v) is 1.66. The normalized spacial score (nSPS) is 19.4. The standard InChI is InChI=1S/C4H5NO3S/c6-3-1-2-4(7)5(3)9-8/h8H,1-2H2. The molecule has 0 saturated carbocycles. The SMILES string of the molecule is O=C1CCC(=O)N1SO. The number of carbonyl (C=O) groups excluding carboxylic acids is 2. The number of hydrogen-bond donors (Lipinski definition) is 1. The summed E-state index contributed by atoms with van der Waals surface area (Å²) < 4.78 is 9.07. The smallest absolute Gasteiger partial charge is 0.241 e.